The predicted octanol–water partition coefficient (Wildman–Crippen LogP) is 5.57. The Morgan fingerprint density at radius 1 is 1.07 bits per heavy atom. The second kappa shape index (κ2) is 7.89. The number of para-hydroxylation sites is 2. The van der Waals surface area contributed by atoms with Crippen molar-refractivity contribution in [3.63, 3.8) is 0 Å². The van der Waals surface area contributed by atoms with E-state index in [-0.39, 0.29) is 5.56 Å². The van der Waals surface area contributed by atoms with Gasteiger partial charge in [0.05, 0.1) is 27.3 Å². The number of aromatic nitrogens is 3. The van der Waals surface area contributed by atoms with Crippen molar-refractivity contribution in [2.24, 2.45) is 0 Å². The molecule has 0 atom stereocenters. The first kappa shape index (κ1) is 18.9. The average Bonchev–Trinajstić information content (AvgIpc) is 3.12. The molecule has 2 aromatic heterocycles. The van der Waals surface area contributed by atoms with Crippen molar-refractivity contribution >= 4 is 34.0 Å². The third-order valence-corrected chi connectivity index (χ3v) is 6.35. The Kier molecular flexibility index (Phi) is 5.33. The molecular formula is C22H21N3OS2. The van der Waals surface area contributed by atoms with Gasteiger partial charge < -0.3 is 0 Å². The quantitative estimate of drug-likeness (QED) is 0.321. The Hall–Kier alpha value is -2.44. The zero-order valence-corrected chi connectivity index (χ0v) is 17.7. The van der Waals surface area contributed by atoms with Crippen molar-refractivity contribution in [2.45, 2.75) is 37.6 Å². The molecule has 0 radical (unpaired) electrons. The summed E-state index contributed by atoms with van der Waals surface area (Å²) in [6.07, 6.45) is 0. The predicted molar refractivity (Wildman–Crippen MR) is 118 cm³/mol. The van der Waals surface area contributed by atoms with Gasteiger partial charge in [0.15, 0.2) is 5.16 Å². The van der Waals surface area contributed by atoms with E-state index < -0.39 is 0 Å². The van der Waals surface area contributed by atoms with Crippen LogP contribution in [0.3, 0.4) is 0 Å². The molecule has 0 saturated carbocycles. The summed E-state index contributed by atoms with van der Waals surface area (Å²) in [6, 6.07) is 15.6. The van der Waals surface area contributed by atoms with Crippen molar-refractivity contribution in [3.05, 3.63) is 80.5 Å². The van der Waals surface area contributed by atoms with E-state index in [1.54, 1.807) is 27.7 Å². The van der Waals surface area contributed by atoms with Crippen molar-refractivity contribution in [1.82, 2.24) is 14.5 Å². The highest BCUT2D eigenvalue weighted by atomic mass is 32.2. The molecule has 4 nitrogen and oxygen atoms in total. The number of aryl methyl sites for hydroxylation is 1. The Balaban J connectivity index is 1.90. The molecule has 2 aromatic carbocycles. The maximum Gasteiger partial charge on any atom is 0.266 e. The molecule has 142 valence electrons. The molecule has 0 aliphatic rings. The van der Waals surface area contributed by atoms with Crippen molar-refractivity contribution < 1.29 is 0 Å². The van der Waals surface area contributed by atoms with Gasteiger partial charge in [0.25, 0.3) is 5.56 Å². The minimum absolute atomic E-state index is 0.0318. The summed E-state index contributed by atoms with van der Waals surface area (Å²) in [5, 5.41) is 4.44. The van der Waals surface area contributed by atoms with Gasteiger partial charge in [0.2, 0.25) is 0 Å². The molecule has 0 bridgehead atoms. The van der Waals surface area contributed by atoms with E-state index in [1.807, 2.05) is 49.4 Å². The minimum atomic E-state index is -0.0318. The fraction of sp³-hybridized carbons (Fsp3) is 0.227. The molecule has 0 fully saturated rings. The largest absolute Gasteiger partial charge is 0.268 e. The summed E-state index contributed by atoms with van der Waals surface area (Å²) in [4.78, 5) is 22.8. The van der Waals surface area contributed by atoms with Crippen LogP contribution in [-0.4, -0.2) is 14.5 Å². The van der Waals surface area contributed by atoms with Gasteiger partial charge in [-0.3, -0.25) is 9.36 Å². The number of thioether (sulfide) groups is 1. The third-order valence-electron chi connectivity index (χ3n) is 4.56. The van der Waals surface area contributed by atoms with Gasteiger partial charge in [-0.1, -0.05) is 55.9 Å². The minimum Gasteiger partial charge on any atom is -0.268 e. The van der Waals surface area contributed by atoms with E-state index >= 15 is 0 Å². The second-order valence-electron chi connectivity index (χ2n) is 6.91. The number of thiazole rings is 1. The van der Waals surface area contributed by atoms with Crippen LogP contribution in [0.2, 0.25) is 0 Å². The number of nitrogens with zero attached hydrogens (tertiary/aromatic N) is 3. The summed E-state index contributed by atoms with van der Waals surface area (Å²) in [6.45, 7) is 6.29. The lowest BCUT2D eigenvalue weighted by Crippen LogP contribution is -2.23. The van der Waals surface area contributed by atoms with E-state index in [4.69, 9.17) is 4.98 Å². The molecule has 4 aromatic rings. The lowest BCUT2D eigenvalue weighted by Gasteiger charge is -2.18. The number of hydrogen-bond donors (Lipinski definition) is 0. The molecular weight excluding hydrogens is 386 g/mol. The molecule has 6 heteroatoms. The van der Waals surface area contributed by atoms with Gasteiger partial charge in [-0.05, 0) is 36.6 Å². The van der Waals surface area contributed by atoms with Crippen LogP contribution in [0.4, 0.5) is 0 Å². The molecule has 0 amide bonds. The summed E-state index contributed by atoms with van der Waals surface area (Å²) in [5.41, 5.74) is 3.74. The molecule has 0 aliphatic carbocycles. The summed E-state index contributed by atoms with van der Waals surface area (Å²) in [5.74, 6) is 0.979. The topological polar surface area (TPSA) is 47.8 Å². The lowest BCUT2D eigenvalue weighted by molar-refractivity contribution is 0.780. The van der Waals surface area contributed by atoms with E-state index in [0.717, 1.165) is 27.5 Å². The van der Waals surface area contributed by atoms with Gasteiger partial charge >= 0.3 is 0 Å². The molecule has 2 heterocycles. The third kappa shape index (κ3) is 3.62. The van der Waals surface area contributed by atoms with E-state index in [9.17, 15) is 4.79 Å². The molecule has 4 rings (SSSR count). The van der Waals surface area contributed by atoms with Gasteiger partial charge in [0.1, 0.15) is 0 Å². The van der Waals surface area contributed by atoms with Gasteiger partial charge in [-0.2, -0.15) is 0 Å². The second-order valence-corrected chi connectivity index (χ2v) is 8.92. The normalized spacial score (nSPS) is 11.4. The number of fused-ring (bicyclic) bond motifs is 1. The maximum atomic E-state index is 13.4. The monoisotopic (exact) mass is 407 g/mol. The van der Waals surface area contributed by atoms with Crippen LogP contribution in [0.15, 0.2) is 63.9 Å². The Bertz CT molecular complexity index is 1190. The standard InChI is InChI=1S/C22H21N3OS2/c1-14(2)17-8-5-7-11-20(17)25-21(26)18-9-4-6-10-19(18)24-22(25)28-13-16-12-27-15(3)23-16/h4-12,14H,13H2,1-3H3. The number of hydrogen-bond acceptors (Lipinski definition) is 5. The number of rotatable bonds is 5. The SMILES string of the molecule is Cc1nc(CSc2nc3ccccc3c(=O)n2-c2ccccc2C(C)C)cs1. The van der Waals surface area contributed by atoms with Gasteiger partial charge in [-0.15, -0.1) is 11.3 Å². The maximum absolute atomic E-state index is 13.4. The Morgan fingerprint density at radius 3 is 2.57 bits per heavy atom. The van der Waals surface area contributed by atoms with Crippen LogP contribution in [0.25, 0.3) is 16.6 Å². The van der Waals surface area contributed by atoms with Gasteiger partial charge in [0, 0.05) is 11.1 Å². The highest BCUT2D eigenvalue weighted by Crippen LogP contribution is 2.28. The molecule has 0 saturated heterocycles. The molecule has 0 N–H and O–H groups in total. The van der Waals surface area contributed by atoms with Crippen molar-refractivity contribution in [1.29, 1.82) is 0 Å². The van der Waals surface area contributed by atoms with Crippen LogP contribution < -0.4 is 5.56 Å². The van der Waals surface area contributed by atoms with Crippen LogP contribution in [0.1, 0.15) is 36.0 Å². The number of benzene rings is 2. The van der Waals surface area contributed by atoms with Crippen LogP contribution in [0, 0.1) is 6.92 Å². The zero-order valence-electron chi connectivity index (χ0n) is 16.0. The first-order valence-corrected chi connectivity index (χ1v) is 11.1. The first-order valence-electron chi connectivity index (χ1n) is 9.19. The van der Waals surface area contributed by atoms with Gasteiger partial charge in [-0.25, -0.2) is 9.97 Å². The lowest BCUT2D eigenvalue weighted by atomic mass is 10.0. The van der Waals surface area contributed by atoms with E-state index in [2.05, 4.69) is 30.3 Å². The molecule has 28 heavy (non-hydrogen) atoms. The molecule has 0 aliphatic heterocycles. The fourth-order valence-corrected chi connectivity index (χ4v) is 4.83. The zero-order chi connectivity index (χ0) is 19.7. The smallest absolute Gasteiger partial charge is 0.266 e. The van der Waals surface area contributed by atoms with Crippen molar-refractivity contribution in [2.75, 3.05) is 0 Å². The first-order chi connectivity index (χ1) is 13.5. The van der Waals surface area contributed by atoms with Crippen molar-refractivity contribution in [3.8, 4) is 5.69 Å². The summed E-state index contributed by atoms with van der Waals surface area (Å²) in [7, 11) is 0. The molecule has 0 unspecified atom stereocenters. The molecule has 0 spiro atoms. The summed E-state index contributed by atoms with van der Waals surface area (Å²) < 4.78 is 1.77. The van der Waals surface area contributed by atoms with E-state index in [0.29, 0.717) is 22.2 Å². The highest BCUT2D eigenvalue weighted by molar-refractivity contribution is 7.98. The average molecular weight is 408 g/mol. The fourth-order valence-electron chi connectivity index (χ4n) is 3.21. The Morgan fingerprint density at radius 2 is 1.82 bits per heavy atom. The van der Waals surface area contributed by atoms with Crippen LogP contribution >= 0.6 is 23.1 Å². The van der Waals surface area contributed by atoms with Crippen LogP contribution in [-0.2, 0) is 5.75 Å². The van der Waals surface area contributed by atoms with E-state index in [1.165, 1.54) is 0 Å². The highest BCUT2D eigenvalue weighted by Gasteiger charge is 2.17. The van der Waals surface area contributed by atoms with Crippen LogP contribution in [0.5, 0.6) is 0 Å². The summed E-state index contributed by atoms with van der Waals surface area (Å²) >= 11 is 3.19. The Labute approximate surface area is 172 Å².